The van der Waals surface area contributed by atoms with Crippen LogP contribution in [0.3, 0.4) is 0 Å². The maximum atomic E-state index is 14.1. The quantitative estimate of drug-likeness (QED) is 0.107. The van der Waals surface area contributed by atoms with Gasteiger partial charge in [0, 0.05) is 60.5 Å². The van der Waals surface area contributed by atoms with Gasteiger partial charge < -0.3 is 18.6 Å². The second-order valence-corrected chi connectivity index (χ2v) is 12.1. The van der Waals surface area contributed by atoms with E-state index in [0.29, 0.717) is 49.5 Å². The first-order chi connectivity index (χ1) is 21.9. The number of ether oxygens (including phenoxy) is 2. The Bertz CT molecular complexity index is 1820. The molecule has 0 saturated carbocycles. The number of rotatable bonds is 11. The number of aryl methyl sites for hydroxylation is 1. The molecule has 0 bridgehead atoms. The molecule has 0 aliphatic heterocycles. The summed E-state index contributed by atoms with van der Waals surface area (Å²) in [5, 5.41) is 0.935. The number of pyridine rings is 2. The fourth-order valence-electron chi connectivity index (χ4n) is 6.38. The van der Waals surface area contributed by atoms with Gasteiger partial charge >= 0.3 is 5.97 Å². The van der Waals surface area contributed by atoms with Gasteiger partial charge in [0.1, 0.15) is 36.4 Å². The molecule has 0 spiro atoms. The lowest BCUT2D eigenvalue weighted by atomic mass is 9.89. The average Bonchev–Trinajstić information content (AvgIpc) is 3.38. The summed E-state index contributed by atoms with van der Waals surface area (Å²) in [5.74, 6) is -0.0914. The van der Waals surface area contributed by atoms with Crippen molar-refractivity contribution in [1.29, 1.82) is 0 Å². The highest BCUT2D eigenvalue weighted by atomic mass is 32.2. The van der Waals surface area contributed by atoms with Gasteiger partial charge in [-0.1, -0.05) is 12.1 Å². The highest BCUT2D eigenvalue weighted by molar-refractivity contribution is 7.78. The minimum Gasteiger partial charge on any atom is -0.724 e. The number of hydrogen-bond acceptors (Lipinski definition) is 7. The maximum absolute atomic E-state index is 14.1. The molecule has 45 heavy (non-hydrogen) atoms. The smallest absolute Gasteiger partial charge is 0.307 e. The number of carbonyl (C=O) groups is 1. The lowest BCUT2D eigenvalue weighted by Crippen LogP contribution is -2.59. The van der Waals surface area contributed by atoms with E-state index < -0.39 is 27.0 Å². The van der Waals surface area contributed by atoms with Crippen LogP contribution in [0.2, 0.25) is 0 Å². The third-order valence-electron chi connectivity index (χ3n) is 8.53. The topological polar surface area (TPSA) is 106 Å². The Morgan fingerprint density at radius 2 is 1.78 bits per heavy atom. The first-order valence-electron chi connectivity index (χ1n) is 14.8. The molecule has 1 aliphatic carbocycles. The summed E-state index contributed by atoms with van der Waals surface area (Å²) in [5.41, 5.74) is 4.87. The number of fused-ring (bicyclic) bond motifs is 3. The molecule has 232 valence electrons. The summed E-state index contributed by atoms with van der Waals surface area (Å²) in [4.78, 5) is 20.9. The molecule has 0 saturated heterocycles. The molecule has 3 heterocycles. The Morgan fingerprint density at radius 1 is 1.04 bits per heavy atom. The van der Waals surface area contributed by atoms with Gasteiger partial charge in [-0.3, -0.25) is 14.8 Å². The third-order valence-corrected chi connectivity index (χ3v) is 9.70. The molecule has 3 unspecified atom stereocenters. The Kier molecular flexibility index (Phi) is 9.02. The van der Waals surface area contributed by atoms with Gasteiger partial charge in [0.15, 0.2) is 11.3 Å². The third kappa shape index (κ3) is 6.24. The second kappa shape index (κ2) is 13.3. The molecule has 3 atom stereocenters. The molecule has 5 aromatic rings. The molecule has 2 aromatic carbocycles. The lowest BCUT2D eigenvalue weighted by Gasteiger charge is -2.45. The van der Waals surface area contributed by atoms with E-state index in [2.05, 4.69) is 14.5 Å². The molecule has 0 fully saturated rings. The summed E-state index contributed by atoms with van der Waals surface area (Å²) in [6, 6.07) is 22.2. The van der Waals surface area contributed by atoms with Crippen LogP contribution >= 0.6 is 0 Å². The van der Waals surface area contributed by atoms with Gasteiger partial charge in [0.25, 0.3) is 0 Å². The van der Waals surface area contributed by atoms with Gasteiger partial charge in [0.2, 0.25) is 0 Å². The molecule has 0 radical (unpaired) electrons. The number of hydrogen-bond donors (Lipinski definition) is 0. The zero-order chi connectivity index (χ0) is 31.4. The van der Waals surface area contributed by atoms with Crippen LogP contribution in [-0.2, 0) is 53.3 Å². The predicted octanol–water partition coefficient (Wildman–Crippen LogP) is 5.57. The maximum Gasteiger partial charge on any atom is 0.307 e. The van der Waals surface area contributed by atoms with E-state index in [4.69, 9.17) is 9.47 Å². The van der Waals surface area contributed by atoms with Crippen molar-refractivity contribution in [1.82, 2.24) is 18.4 Å². The summed E-state index contributed by atoms with van der Waals surface area (Å²) in [6.07, 6.45) is 5.12. The van der Waals surface area contributed by atoms with E-state index in [9.17, 15) is 17.9 Å². The van der Waals surface area contributed by atoms with Crippen LogP contribution in [0.5, 0.6) is 5.75 Å². The van der Waals surface area contributed by atoms with E-state index in [-0.39, 0.29) is 18.9 Å². The van der Waals surface area contributed by atoms with Crippen molar-refractivity contribution in [2.24, 2.45) is 0 Å². The fourth-order valence-corrected chi connectivity index (χ4v) is 7.33. The SMILES string of the molecule is COC(=O)CCn1c2c(c3cc(OCc4ccccn4)ccc31)CC([N+](Cc1ccccn1)(c1ccc(F)cc1)S(=O)[O-])CC2. The Balaban J connectivity index is 1.43. The number of benzene rings is 2. The summed E-state index contributed by atoms with van der Waals surface area (Å²) < 4.78 is 53.7. The van der Waals surface area contributed by atoms with Crippen LogP contribution < -0.4 is 8.63 Å². The standard InChI is InChI=1S/C34H33FN4O5S/c1-43-34(40)16-19-38-32-14-12-28(20-30(32)31-21-29(13-15-33(31)38)44-23-26-7-3-5-18-37-26)39(45(41)42,22-25-6-2-4-17-36-25)27-10-8-24(35)9-11-27/h2-11,13,15,17-18,21,28H,12,14,16,19-20,22-23H2,1H3. The highest BCUT2D eigenvalue weighted by Crippen LogP contribution is 2.41. The first-order valence-corrected chi connectivity index (χ1v) is 15.8. The van der Waals surface area contributed by atoms with Gasteiger partial charge in [-0.15, -0.1) is 0 Å². The van der Waals surface area contributed by atoms with Crippen LogP contribution in [0.15, 0.2) is 91.3 Å². The van der Waals surface area contributed by atoms with E-state index in [0.717, 1.165) is 27.9 Å². The van der Waals surface area contributed by atoms with E-state index in [1.54, 1.807) is 30.6 Å². The molecule has 6 rings (SSSR count). The number of esters is 1. The van der Waals surface area contributed by atoms with Crippen LogP contribution in [0.4, 0.5) is 10.1 Å². The van der Waals surface area contributed by atoms with Gasteiger partial charge in [-0.25, -0.2) is 12.5 Å². The van der Waals surface area contributed by atoms with E-state index in [1.807, 2.05) is 48.5 Å². The van der Waals surface area contributed by atoms with Crippen LogP contribution in [0.1, 0.15) is 35.5 Å². The van der Waals surface area contributed by atoms with Crippen LogP contribution in [-0.4, -0.2) is 42.4 Å². The number of methoxy groups -OCH3 is 1. The van der Waals surface area contributed by atoms with E-state index >= 15 is 0 Å². The minimum atomic E-state index is -2.64. The van der Waals surface area contributed by atoms with Crippen molar-refractivity contribution in [2.75, 3.05) is 7.11 Å². The van der Waals surface area contributed by atoms with Crippen molar-refractivity contribution in [3.05, 3.63) is 120 Å². The van der Waals surface area contributed by atoms with Crippen molar-refractivity contribution >= 4 is 33.8 Å². The molecule has 0 amide bonds. The van der Waals surface area contributed by atoms with Crippen LogP contribution in [0.25, 0.3) is 10.9 Å². The van der Waals surface area contributed by atoms with Crippen molar-refractivity contribution < 1.29 is 27.4 Å². The minimum absolute atomic E-state index is 0.0853. The number of aromatic nitrogens is 3. The lowest BCUT2D eigenvalue weighted by molar-refractivity contribution is -0.140. The molecule has 3 aromatic heterocycles. The van der Waals surface area contributed by atoms with E-state index in [1.165, 1.54) is 19.2 Å². The van der Waals surface area contributed by atoms with Crippen molar-refractivity contribution in [3.8, 4) is 5.75 Å². The van der Waals surface area contributed by atoms with Crippen molar-refractivity contribution in [3.63, 3.8) is 0 Å². The average molecular weight is 629 g/mol. The Hall–Kier alpha value is -4.45. The zero-order valence-corrected chi connectivity index (χ0v) is 25.6. The molecular weight excluding hydrogens is 595 g/mol. The Labute approximate surface area is 263 Å². The number of quaternary nitrogens is 1. The van der Waals surface area contributed by atoms with Gasteiger partial charge in [-0.05, 0) is 66.6 Å². The number of nitrogens with zero attached hydrogens (tertiary/aromatic N) is 4. The van der Waals surface area contributed by atoms with Gasteiger partial charge in [0.05, 0.1) is 24.9 Å². The summed E-state index contributed by atoms with van der Waals surface area (Å²) in [7, 11) is 1.37. The molecular formula is C34H33FN4O5S. The van der Waals surface area contributed by atoms with Crippen molar-refractivity contribution in [2.45, 2.75) is 51.4 Å². The monoisotopic (exact) mass is 628 g/mol. The predicted molar refractivity (Wildman–Crippen MR) is 168 cm³/mol. The first kappa shape index (κ1) is 30.6. The number of carbonyl (C=O) groups excluding carboxylic acids is 1. The summed E-state index contributed by atoms with van der Waals surface area (Å²) in [6.45, 7) is 0.808. The summed E-state index contributed by atoms with van der Waals surface area (Å²) >= 11 is -2.64. The molecule has 0 N–H and O–H groups in total. The molecule has 1 aliphatic rings. The Morgan fingerprint density at radius 3 is 2.44 bits per heavy atom. The number of halogens is 1. The molecule has 9 nitrogen and oxygen atoms in total. The molecule has 11 heteroatoms. The fraction of sp³-hybridized carbons (Fsp3) is 0.265. The largest absolute Gasteiger partial charge is 0.724 e. The highest BCUT2D eigenvalue weighted by Gasteiger charge is 2.45. The van der Waals surface area contributed by atoms with Crippen LogP contribution in [0, 0.1) is 5.82 Å². The normalized spacial score (nSPS) is 16.5. The second-order valence-electron chi connectivity index (χ2n) is 11.1. The zero-order valence-electron chi connectivity index (χ0n) is 24.8. The van der Waals surface area contributed by atoms with Gasteiger partial charge in [-0.2, -0.15) is 0 Å².